The average molecular weight is 148 g/mol. The van der Waals surface area contributed by atoms with Crippen LogP contribution in [0.4, 0.5) is 0 Å². The normalized spacial score (nSPS) is 40.5. The number of hydrogen-bond donors (Lipinski definition) is 2. The molecule has 0 aromatic rings. The molecule has 1 heterocycles. The Morgan fingerprint density at radius 1 is 1.70 bits per heavy atom. The minimum atomic E-state index is -0.588. The summed E-state index contributed by atoms with van der Waals surface area (Å²) in [6, 6.07) is 0. The van der Waals surface area contributed by atoms with Crippen LogP contribution in [0.15, 0.2) is 0 Å². The lowest BCUT2D eigenvalue weighted by molar-refractivity contribution is -0.117. The maximum absolute atomic E-state index is 9.13. The molecule has 1 aliphatic heterocycles. The van der Waals surface area contributed by atoms with Crippen LogP contribution < -0.4 is 0 Å². The maximum atomic E-state index is 9.13. The summed E-state index contributed by atoms with van der Waals surface area (Å²) in [6.07, 6.45) is -1.03. The van der Waals surface area contributed by atoms with Gasteiger partial charge in [0.25, 0.3) is 0 Å². The van der Waals surface area contributed by atoms with E-state index in [2.05, 4.69) is 0 Å². The summed E-state index contributed by atoms with van der Waals surface area (Å²) in [5.41, 5.74) is 0. The Morgan fingerprint density at radius 3 is 2.80 bits per heavy atom. The zero-order valence-corrected chi connectivity index (χ0v) is 5.86. The van der Waals surface area contributed by atoms with Crippen molar-refractivity contribution in [3.05, 3.63) is 0 Å². The zero-order valence-electron chi connectivity index (χ0n) is 5.86. The van der Waals surface area contributed by atoms with Crippen molar-refractivity contribution in [2.45, 2.75) is 12.4 Å². The fraction of sp³-hybridized carbons (Fsp3) is 1.00. The summed E-state index contributed by atoms with van der Waals surface area (Å²) in [5, 5.41) is 17.8. The number of hydrogen-bond acceptors (Lipinski definition) is 4. The molecule has 60 valence electrons. The SMILES string of the molecule is CO[C@H]1OC[C@H](O)[C@H]1CO. The molecule has 0 aromatic carbocycles. The number of methoxy groups -OCH3 is 1. The van der Waals surface area contributed by atoms with Gasteiger partial charge in [-0.3, -0.25) is 0 Å². The van der Waals surface area contributed by atoms with Crippen LogP contribution in [0.2, 0.25) is 0 Å². The third-order valence-corrected chi connectivity index (χ3v) is 1.72. The fourth-order valence-corrected chi connectivity index (χ4v) is 1.07. The van der Waals surface area contributed by atoms with Gasteiger partial charge in [0.2, 0.25) is 0 Å². The first-order valence-corrected chi connectivity index (χ1v) is 3.23. The van der Waals surface area contributed by atoms with Crippen LogP contribution in [0.25, 0.3) is 0 Å². The Bertz CT molecular complexity index is 106. The van der Waals surface area contributed by atoms with Gasteiger partial charge in [-0.05, 0) is 0 Å². The van der Waals surface area contributed by atoms with Crippen molar-refractivity contribution >= 4 is 0 Å². The van der Waals surface area contributed by atoms with E-state index in [1.165, 1.54) is 7.11 Å². The largest absolute Gasteiger partial charge is 0.396 e. The van der Waals surface area contributed by atoms with Crippen molar-refractivity contribution in [2.75, 3.05) is 20.3 Å². The molecule has 4 nitrogen and oxygen atoms in total. The van der Waals surface area contributed by atoms with Crippen LogP contribution in [0.1, 0.15) is 0 Å². The van der Waals surface area contributed by atoms with E-state index in [0.717, 1.165) is 0 Å². The third kappa shape index (κ3) is 1.29. The quantitative estimate of drug-likeness (QED) is 0.525. The zero-order chi connectivity index (χ0) is 7.56. The predicted octanol–water partition coefficient (Wildman–Crippen LogP) is -1.04. The molecule has 4 heteroatoms. The Hall–Kier alpha value is -0.160. The molecule has 0 amide bonds. The van der Waals surface area contributed by atoms with E-state index in [1.807, 2.05) is 0 Å². The Morgan fingerprint density at radius 2 is 2.40 bits per heavy atom. The number of aliphatic hydroxyl groups excluding tert-OH is 2. The Labute approximate surface area is 59.4 Å². The first-order valence-electron chi connectivity index (χ1n) is 3.23. The molecular weight excluding hydrogens is 136 g/mol. The number of ether oxygens (including phenoxy) is 2. The van der Waals surface area contributed by atoms with E-state index >= 15 is 0 Å². The van der Waals surface area contributed by atoms with Gasteiger partial charge in [-0.25, -0.2) is 0 Å². The monoisotopic (exact) mass is 148 g/mol. The van der Waals surface area contributed by atoms with Crippen LogP contribution in [0.3, 0.4) is 0 Å². The summed E-state index contributed by atoms with van der Waals surface area (Å²) in [7, 11) is 1.49. The molecule has 0 bridgehead atoms. The summed E-state index contributed by atoms with van der Waals surface area (Å²) >= 11 is 0. The van der Waals surface area contributed by atoms with E-state index in [9.17, 15) is 0 Å². The standard InChI is InChI=1S/C6H12O4/c1-9-6-4(2-7)5(8)3-10-6/h4-8H,2-3H2,1H3/t4-,5+,6+/m1/s1. The van der Waals surface area contributed by atoms with Crippen molar-refractivity contribution < 1.29 is 19.7 Å². The second-order valence-electron chi connectivity index (χ2n) is 2.35. The predicted molar refractivity (Wildman–Crippen MR) is 33.3 cm³/mol. The summed E-state index contributed by atoms with van der Waals surface area (Å²) in [6.45, 7) is 0.156. The molecule has 0 aromatic heterocycles. The lowest BCUT2D eigenvalue weighted by atomic mass is 10.1. The van der Waals surface area contributed by atoms with Crippen LogP contribution in [-0.4, -0.2) is 42.9 Å². The van der Waals surface area contributed by atoms with Gasteiger partial charge in [0.15, 0.2) is 6.29 Å². The van der Waals surface area contributed by atoms with Gasteiger partial charge in [0, 0.05) is 7.11 Å². The molecule has 2 N–H and O–H groups in total. The third-order valence-electron chi connectivity index (χ3n) is 1.72. The average Bonchev–Trinajstić information content (AvgIpc) is 2.30. The second-order valence-corrected chi connectivity index (χ2v) is 2.35. The Balaban J connectivity index is 2.45. The highest BCUT2D eigenvalue weighted by Crippen LogP contribution is 2.20. The minimum absolute atomic E-state index is 0.0975. The first kappa shape index (κ1) is 7.94. The summed E-state index contributed by atoms with van der Waals surface area (Å²) in [4.78, 5) is 0. The highest BCUT2D eigenvalue weighted by Gasteiger charge is 2.35. The van der Waals surface area contributed by atoms with Crippen molar-refractivity contribution in [1.82, 2.24) is 0 Å². The van der Waals surface area contributed by atoms with Gasteiger partial charge in [-0.15, -0.1) is 0 Å². The van der Waals surface area contributed by atoms with E-state index in [-0.39, 0.29) is 19.1 Å². The molecule has 1 rings (SSSR count). The maximum Gasteiger partial charge on any atom is 0.164 e. The van der Waals surface area contributed by atoms with Crippen molar-refractivity contribution in [3.63, 3.8) is 0 Å². The van der Waals surface area contributed by atoms with Crippen molar-refractivity contribution in [3.8, 4) is 0 Å². The van der Waals surface area contributed by atoms with E-state index in [1.54, 1.807) is 0 Å². The van der Waals surface area contributed by atoms with E-state index in [0.29, 0.717) is 0 Å². The van der Waals surface area contributed by atoms with Crippen LogP contribution in [0.5, 0.6) is 0 Å². The van der Waals surface area contributed by atoms with Crippen molar-refractivity contribution in [2.24, 2.45) is 5.92 Å². The smallest absolute Gasteiger partial charge is 0.164 e. The van der Waals surface area contributed by atoms with Gasteiger partial charge >= 0.3 is 0 Å². The topological polar surface area (TPSA) is 58.9 Å². The minimum Gasteiger partial charge on any atom is -0.396 e. The van der Waals surface area contributed by atoms with Crippen LogP contribution in [0, 0.1) is 5.92 Å². The molecule has 0 radical (unpaired) electrons. The van der Waals surface area contributed by atoms with Gasteiger partial charge in [-0.1, -0.05) is 0 Å². The fourth-order valence-electron chi connectivity index (χ4n) is 1.07. The number of aliphatic hydroxyl groups is 2. The molecular formula is C6H12O4. The molecule has 10 heavy (non-hydrogen) atoms. The van der Waals surface area contributed by atoms with Crippen molar-refractivity contribution in [1.29, 1.82) is 0 Å². The lowest BCUT2D eigenvalue weighted by Crippen LogP contribution is -2.28. The summed E-state index contributed by atoms with van der Waals surface area (Å²) < 4.78 is 9.83. The van der Waals surface area contributed by atoms with Gasteiger partial charge in [0.1, 0.15) is 0 Å². The highest BCUT2D eigenvalue weighted by atomic mass is 16.7. The molecule has 1 saturated heterocycles. The Kier molecular flexibility index (Phi) is 2.62. The molecule has 1 fully saturated rings. The van der Waals surface area contributed by atoms with Crippen LogP contribution in [-0.2, 0) is 9.47 Å². The molecule has 3 atom stereocenters. The van der Waals surface area contributed by atoms with Gasteiger partial charge in [-0.2, -0.15) is 0 Å². The van der Waals surface area contributed by atoms with E-state index in [4.69, 9.17) is 19.7 Å². The van der Waals surface area contributed by atoms with Gasteiger partial charge in [0.05, 0.1) is 25.2 Å². The molecule has 0 saturated carbocycles. The molecule has 0 unspecified atom stereocenters. The molecule has 0 aliphatic carbocycles. The number of rotatable bonds is 2. The molecule has 0 spiro atoms. The lowest BCUT2D eigenvalue weighted by Gasteiger charge is -2.15. The van der Waals surface area contributed by atoms with E-state index < -0.39 is 12.4 Å². The second kappa shape index (κ2) is 3.30. The molecule has 1 aliphatic rings. The highest BCUT2D eigenvalue weighted by molar-refractivity contribution is 4.77. The summed E-state index contributed by atoms with van der Waals surface area (Å²) in [5.74, 6) is -0.287. The first-order chi connectivity index (χ1) is 4.79. The van der Waals surface area contributed by atoms with Gasteiger partial charge < -0.3 is 19.7 Å². The van der Waals surface area contributed by atoms with Crippen LogP contribution >= 0.6 is 0 Å².